The summed E-state index contributed by atoms with van der Waals surface area (Å²) in [6.45, 7) is 5.19. The van der Waals surface area contributed by atoms with Crippen molar-refractivity contribution in [1.29, 1.82) is 0 Å². The Morgan fingerprint density at radius 3 is 2.89 bits per heavy atom. The third-order valence-electron chi connectivity index (χ3n) is 3.37. The van der Waals surface area contributed by atoms with Gasteiger partial charge in [0.2, 0.25) is 0 Å². The highest BCUT2D eigenvalue weighted by atomic mass is 16.5. The quantitative estimate of drug-likeness (QED) is 0.853. The predicted octanol–water partition coefficient (Wildman–Crippen LogP) is 1.24. The number of ether oxygens (including phenoxy) is 2. The van der Waals surface area contributed by atoms with E-state index in [-0.39, 0.29) is 5.60 Å². The molecule has 0 amide bonds. The fourth-order valence-electron chi connectivity index (χ4n) is 2.19. The third-order valence-corrected chi connectivity index (χ3v) is 3.37. The summed E-state index contributed by atoms with van der Waals surface area (Å²) in [5.41, 5.74) is 0.630. The van der Waals surface area contributed by atoms with E-state index in [1.165, 1.54) is 0 Å². The van der Waals surface area contributed by atoms with Gasteiger partial charge in [-0.1, -0.05) is 6.92 Å². The molecule has 0 aliphatic carbocycles. The standard InChI is InChI=1S/C13H21N3O2/c1-3-14-10-11-4-7-15-12(16-11)13(17-2)5-8-18-9-6-13/h4,7,14H,3,5-6,8-10H2,1-2H3. The molecule has 1 aromatic rings. The maximum Gasteiger partial charge on any atom is 0.160 e. The lowest BCUT2D eigenvalue weighted by atomic mass is 9.93. The van der Waals surface area contributed by atoms with Gasteiger partial charge in [-0.05, 0) is 12.6 Å². The normalized spacial score (nSPS) is 18.8. The molecule has 5 nitrogen and oxygen atoms in total. The number of aromatic nitrogens is 2. The first kappa shape index (κ1) is 13.4. The molecular weight excluding hydrogens is 230 g/mol. The van der Waals surface area contributed by atoms with Crippen molar-refractivity contribution in [1.82, 2.24) is 15.3 Å². The first-order chi connectivity index (χ1) is 8.80. The van der Waals surface area contributed by atoms with Crippen LogP contribution < -0.4 is 5.32 Å². The van der Waals surface area contributed by atoms with Gasteiger partial charge in [-0.25, -0.2) is 9.97 Å². The van der Waals surface area contributed by atoms with E-state index in [2.05, 4.69) is 22.2 Å². The van der Waals surface area contributed by atoms with Crippen molar-refractivity contribution < 1.29 is 9.47 Å². The molecule has 0 unspecified atom stereocenters. The molecule has 18 heavy (non-hydrogen) atoms. The van der Waals surface area contributed by atoms with Crippen LogP contribution in [-0.2, 0) is 21.6 Å². The Kier molecular flexibility index (Phi) is 4.63. The zero-order chi connectivity index (χ0) is 12.8. The van der Waals surface area contributed by atoms with Crippen molar-refractivity contribution in [3.8, 4) is 0 Å². The lowest BCUT2D eigenvalue weighted by Crippen LogP contribution is -2.37. The topological polar surface area (TPSA) is 56.3 Å². The van der Waals surface area contributed by atoms with Crippen LogP contribution in [0.4, 0.5) is 0 Å². The smallest absolute Gasteiger partial charge is 0.160 e. The molecule has 1 aliphatic heterocycles. The van der Waals surface area contributed by atoms with Gasteiger partial charge in [0.1, 0.15) is 5.60 Å². The lowest BCUT2D eigenvalue weighted by Gasteiger charge is -2.34. The first-order valence-electron chi connectivity index (χ1n) is 6.47. The van der Waals surface area contributed by atoms with E-state index in [1.54, 1.807) is 7.11 Å². The molecule has 1 saturated heterocycles. The van der Waals surface area contributed by atoms with Crippen molar-refractivity contribution in [2.75, 3.05) is 26.9 Å². The number of nitrogens with one attached hydrogen (secondary N) is 1. The SMILES string of the molecule is CCNCc1ccnc(C2(OC)CCOCC2)n1. The van der Waals surface area contributed by atoms with Crippen molar-refractivity contribution in [3.63, 3.8) is 0 Å². The molecule has 1 aromatic heterocycles. The summed E-state index contributed by atoms with van der Waals surface area (Å²) in [6.07, 6.45) is 3.44. The fourth-order valence-corrected chi connectivity index (χ4v) is 2.19. The minimum absolute atomic E-state index is 0.375. The van der Waals surface area contributed by atoms with Gasteiger partial charge in [-0.15, -0.1) is 0 Å². The minimum atomic E-state index is -0.375. The summed E-state index contributed by atoms with van der Waals surface area (Å²) in [6, 6.07) is 1.94. The van der Waals surface area contributed by atoms with E-state index in [4.69, 9.17) is 9.47 Å². The highest BCUT2D eigenvalue weighted by Crippen LogP contribution is 2.32. The van der Waals surface area contributed by atoms with E-state index >= 15 is 0 Å². The monoisotopic (exact) mass is 251 g/mol. The van der Waals surface area contributed by atoms with Crippen molar-refractivity contribution in [2.24, 2.45) is 0 Å². The third kappa shape index (κ3) is 2.85. The Bertz CT molecular complexity index is 378. The van der Waals surface area contributed by atoms with Crippen LogP contribution in [0.1, 0.15) is 31.3 Å². The highest BCUT2D eigenvalue weighted by molar-refractivity contribution is 5.09. The zero-order valence-corrected chi connectivity index (χ0v) is 11.1. The summed E-state index contributed by atoms with van der Waals surface area (Å²) in [5, 5.41) is 3.27. The zero-order valence-electron chi connectivity index (χ0n) is 11.1. The molecule has 100 valence electrons. The molecular formula is C13H21N3O2. The van der Waals surface area contributed by atoms with Crippen molar-refractivity contribution in [2.45, 2.75) is 31.9 Å². The summed E-state index contributed by atoms with van der Waals surface area (Å²) < 4.78 is 11.1. The van der Waals surface area contributed by atoms with Crippen LogP contribution in [0.15, 0.2) is 12.3 Å². The Morgan fingerprint density at radius 2 is 2.22 bits per heavy atom. The molecule has 5 heteroatoms. The number of nitrogens with zero attached hydrogens (tertiary/aromatic N) is 2. The second-order valence-corrected chi connectivity index (χ2v) is 4.46. The van der Waals surface area contributed by atoms with Crippen molar-refractivity contribution >= 4 is 0 Å². The van der Waals surface area contributed by atoms with Gasteiger partial charge in [-0.3, -0.25) is 0 Å². The van der Waals surface area contributed by atoms with Crippen LogP contribution in [0.2, 0.25) is 0 Å². The Hall–Kier alpha value is -1.04. The second kappa shape index (κ2) is 6.22. The minimum Gasteiger partial charge on any atom is -0.381 e. The van der Waals surface area contributed by atoms with E-state index in [9.17, 15) is 0 Å². The molecule has 0 aromatic carbocycles. The summed E-state index contributed by atoms with van der Waals surface area (Å²) in [4.78, 5) is 9.02. The van der Waals surface area contributed by atoms with Crippen LogP contribution in [0.3, 0.4) is 0 Å². The largest absolute Gasteiger partial charge is 0.381 e. The Labute approximate surface area is 108 Å². The first-order valence-corrected chi connectivity index (χ1v) is 6.47. The van der Waals surface area contributed by atoms with E-state index in [1.807, 2.05) is 12.3 Å². The summed E-state index contributed by atoms with van der Waals surface area (Å²) in [7, 11) is 1.73. The second-order valence-electron chi connectivity index (χ2n) is 4.46. The number of hydrogen-bond donors (Lipinski definition) is 1. The number of hydrogen-bond acceptors (Lipinski definition) is 5. The molecule has 1 fully saturated rings. The van der Waals surface area contributed by atoms with E-state index < -0.39 is 0 Å². The molecule has 0 radical (unpaired) electrons. The van der Waals surface area contributed by atoms with Gasteiger partial charge in [0.15, 0.2) is 5.82 Å². The van der Waals surface area contributed by atoms with Crippen LogP contribution in [0, 0.1) is 0 Å². The predicted molar refractivity (Wildman–Crippen MR) is 68.2 cm³/mol. The fraction of sp³-hybridized carbons (Fsp3) is 0.692. The summed E-state index contributed by atoms with van der Waals surface area (Å²) in [5.74, 6) is 0.781. The molecule has 1 N–H and O–H groups in total. The molecule has 0 bridgehead atoms. The summed E-state index contributed by atoms with van der Waals surface area (Å²) >= 11 is 0. The van der Waals surface area contributed by atoms with E-state index in [0.29, 0.717) is 13.2 Å². The van der Waals surface area contributed by atoms with Crippen molar-refractivity contribution in [3.05, 3.63) is 23.8 Å². The lowest BCUT2D eigenvalue weighted by molar-refractivity contribution is -0.100. The van der Waals surface area contributed by atoms with Gasteiger partial charge < -0.3 is 14.8 Å². The maximum atomic E-state index is 5.70. The average Bonchev–Trinajstić information content (AvgIpc) is 2.46. The molecule has 0 saturated carbocycles. The molecule has 1 aliphatic rings. The Balaban J connectivity index is 2.19. The van der Waals surface area contributed by atoms with Crippen LogP contribution in [0.5, 0.6) is 0 Å². The van der Waals surface area contributed by atoms with Gasteiger partial charge >= 0.3 is 0 Å². The number of methoxy groups -OCH3 is 1. The maximum absolute atomic E-state index is 5.70. The van der Waals surface area contributed by atoms with Crippen LogP contribution >= 0.6 is 0 Å². The van der Waals surface area contributed by atoms with Crippen LogP contribution in [0.25, 0.3) is 0 Å². The molecule has 0 spiro atoms. The van der Waals surface area contributed by atoms with Gasteiger partial charge in [0.05, 0.1) is 5.69 Å². The van der Waals surface area contributed by atoms with Crippen LogP contribution in [-0.4, -0.2) is 36.8 Å². The number of rotatable bonds is 5. The molecule has 2 heterocycles. The van der Waals surface area contributed by atoms with Gasteiger partial charge in [0, 0.05) is 45.9 Å². The highest BCUT2D eigenvalue weighted by Gasteiger charge is 2.37. The average molecular weight is 251 g/mol. The van der Waals surface area contributed by atoms with Gasteiger partial charge in [-0.2, -0.15) is 0 Å². The Morgan fingerprint density at radius 1 is 1.44 bits per heavy atom. The van der Waals surface area contributed by atoms with E-state index in [0.717, 1.165) is 37.4 Å². The van der Waals surface area contributed by atoms with Gasteiger partial charge in [0.25, 0.3) is 0 Å². The molecule has 2 rings (SSSR count). The molecule has 0 atom stereocenters.